The Hall–Kier alpha value is -0.610. The van der Waals surface area contributed by atoms with E-state index < -0.39 is 11.4 Å². The van der Waals surface area contributed by atoms with Gasteiger partial charge >= 0.3 is 5.97 Å². The molecule has 94 valence electrons. The largest absolute Gasteiger partial charge is 0.481 e. The summed E-state index contributed by atoms with van der Waals surface area (Å²) in [4.78, 5) is 11.3. The van der Waals surface area contributed by atoms with E-state index in [1.807, 2.05) is 0 Å². The summed E-state index contributed by atoms with van der Waals surface area (Å²) in [7, 11) is 0. The predicted octanol–water partition coefficient (Wildman–Crippen LogP) is 1.37. The van der Waals surface area contributed by atoms with E-state index in [0.717, 1.165) is 38.5 Å². The number of carboxylic acid groups (broad SMARTS) is 1. The van der Waals surface area contributed by atoms with E-state index >= 15 is 0 Å². The van der Waals surface area contributed by atoms with Gasteiger partial charge in [-0.25, -0.2) is 0 Å². The summed E-state index contributed by atoms with van der Waals surface area (Å²) in [6.45, 7) is 0.483. The van der Waals surface area contributed by atoms with E-state index in [4.69, 9.17) is 10.8 Å². The summed E-state index contributed by atoms with van der Waals surface area (Å²) >= 11 is 0. The van der Waals surface area contributed by atoms with Crippen LogP contribution in [0.4, 0.5) is 0 Å². The second-order valence-electron chi connectivity index (χ2n) is 4.83. The van der Waals surface area contributed by atoms with Crippen LogP contribution in [0, 0.1) is 11.3 Å². The topological polar surface area (TPSA) is 83.5 Å². The van der Waals surface area contributed by atoms with Gasteiger partial charge in [-0.2, -0.15) is 0 Å². The van der Waals surface area contributed by atoms with Crippen molar-refractivity contribution in [3.8, 4) is 0 Å². The van der Waals surface area contributed by atoms with E-state index in [1.165, 1.54) is 0 Å². The highest BCUT2D eigenvalue weighted by molar-refractivity contribution is 5.75. The van der Waals surface area contributed by atoms with Crippen molar-refractivity contribution in [2.24, 2.45) is 17.1 Å². The minimum absolute atomic E-state index is 0.226. The lowest BCUT2D eigenvalue weighted by molar-refractivity contribution is -0.150. The molecule has 16 heavy (non-hydrogen) atoms. The fraction of sp³-hybridized carbons (Fsp3) is 0.917. The average molecular weight is 229 g/mol. The number of rotatable bonds is 9. The lowest BCUT2D eigenvalue weighted by Gasteiger charge is -2.27. The zero-order chi connectivity index (χ0) is 12.0. The standard InChI is InChI=1S/C12H23NO3/c13-9-12(11(15)16,10-5-6-10)7-3-1-2-4-8-14/h10,14H,1-9,13H2,(H,15,16). The van der Waals surface area contributed by atoms with Crippen molar-refractivity contribution < 1.29 is 15.0 Å². The fourth-order valence-electron chi connectivity index (χ4n) is 2.38. The van der Waals surface area contributed by atoms with Gasteiger partial charge in [0, 0.05) is 13.2 Å². The molecule has 0 aromatic carbocycles. The molecule has 4 nitrogen and oxygen atoms in total. The van der Waals surface area contributed by atoms with Crippen LogP contribution in [0.5, 0.6) is 0 Å². The summed E-state index contributed by atoms with van der Waals surface area (Å²) in [5, 5.41) is 18.0. The maximum Gasteiger partial charge on any atom is 0.311 e. The van der Waals surface area contributed by atoms with Gasteiger partial charge in [-0.1, -0.05) is 19.3 Å². The van der Waals surface area contributed by atoms with Crippen LogP contribution in [0.2, 0.25) is 0 Å². The average Bonchev–Trinajstić information content (AvgIpc) is 3.07. The van der Waals surface area contributed by atoms with Gasteiger partial charge in [-0.3, -0.25) is 4.79 Å². The molecule has 0 radical (unpaired) electrons. The van der Waals surface area contributed by atoms with E-state index in [-0.39, 0.29) is 13.2 Å². The highest BCUT2D eigenvalue weighted by atomic mass is 16.4. The Labute approximate surface area is 96.8 Å². The minimum atomic E-state index is -0.723. The van der Waals surface area contributed by atoms with E-state index in [0.29, 0.717) is 12.3 Å². The molecule has 0 aliphatic heterocycles. The van der Waals surface area contributed by atoms with Crippen LogP contribution in [0.1, 0.15) is 44.9 Å². The minimum Gasteiger partial charge on any atom is -0.481 e. The summed E-state index contributed by atoms with van der Waals surface area (Å²) in [5.41, 5.74) is 5.00. The zero-order valence-electron chi connectivity index (χ0n) is 9.82. The molecule has 4 N–H and O–H groups in total. The van der Waals surface area contributed by atoms with Gasteiger partial charge in [0.05, 0.1) is 5.41 Å². The fourth-order valence-corrected chi connectivity index (χ4v) is 2.38. The molecule has 0 saturated heterocycles. The van der Waals surface area contributed by atoms with Crippen LogP contribution in [0.25, 0.3) is 0 Å². The Morgan fingerprint density at radius 2 is 1.88 bits per heavy atom. The van der Waals surface area contributed by atoms with Crippen molar-refractivity contribution in [2.45, 2.75) is 44.9 Å². The Bertz CT molecular complexity index is 228. The van der Waals surface area contributed by atoms with Gasteiger partial charge < -0.3 is 15.9 Å². The molecule has 1 atom stereocenters. The molecular weight excluding hydrogens is 206 g/mol. The summed E-state index contributed by atoms with van der Waals surface area (Å²) < 4.78 is 0. The molecule has 1 saturated carbocycles. The second kappa shape index (κ2) is 6.21. The third-order valence-electron chi connectivity index (χ3n) is 3.68. The highest BCUT2D eigenvalue weighted by Gasteiger charge is 2.49. The number of aliphatic carboxylic acids is 1. The zero-order valence-corrected chi connectivity index (χ0v) is 9.82. The first-order valence-corrected chi connectivity index (χ1v) is 6.21. The molecule has 4 heteroatoms. The summed E-state index contributed by atoms with van der Waals surface area (Å²) in [5.74, 6) is -0.424. The third kappa shape index (κ3) is 3.19. The van der Waals surface area contributed by atoms with Crippen LogP contribution in [0.3, 0.4) is 0 Å². The lowest BCUT2D eigenvalue weighted by atomic mass is 9.78. The van der Waals surface area contributed by atoms with Crippen molar-refractivity contribution in [1.82, 2.24) is 0 Å². The van der Waals surface area contributed by atoms with Gasteiger partial charge in [0.1, 0.15) is 0 Å². The van der Waals surface area contributed by atoms with Gasteiger partial charge in [0.2, 0.25) is 0 Å². The van der Waals surface area contributed by atoms with Crippen LogP contribution >= 0.6 is 0 Å². The third-order valence-corrected chi connectivity index (χ3v) is 3.68. The van der Waals surface area contributed by atoms with E-state index in [1.54, 1.807) is 0 Å². The number of nitrogens with two attached hydrogens (primary N) is 1. The summed E-state index contributed by atoms with van der Waals surface area (Å²) in [6.07, 6.45) is 6.39. The number of aliphatic hydroxyl groups excluding tert-OH is 1. The molecule has 0 amide bonds. The van der Waals surface area contributed by atoms with Crippen LogP contribution in [0.15, 0.2) is 0 Å². The number of hydrogen-bond acceptors (Lipinski definition) is 3. The van der Waals surface area contributed by atoms with Crippen LogP contribution < -0.4 is 5.73 Å². The monoisotopic (exact) mass is 229 g/mol. The number of unbranched alkanes of at least 4 members (excludes halogenated alkanes) is 3. The first-order valence-electron chi connectivity index (χ1n) is 6.21. The molecule has 0 spiro atoms. The smallest absolute Gasteiger partial charge is 0.311 e. The van der Waals surface area contributed by atoms with Crippen molar-refractivity contribution in [3.63, 3.8) is 0 Å². The Morgan fingerprint density at radius 1 is 1.25 bits per heavy atom. The normalized spacial score (nSPS) is 19.4. The quantitative estimate of drug-likeness (QED) is 0.521. The lowest BCUT2D eigenvalue weighted by Crippen LogP contribution is -2.40. The second-order valence-corrected chi connectivity index (χ2v) is 4.83. The van der Waals surface area contributed by atoms with E-state index in [2.05, 4.69) is 0 Å². The Balaban J connectivity index is 2.35. The van der Waals surface area contributed by atoms with Crippen LogP contribution in [-0.2, 0) is 4.79 Å². The Kier molecular flexibility index (Phi) is 5.22. The first kappa shape index (κ1) is 13.5. The van der Waals surface area contributed by atoms with Crippen molar-refractivity contribution in [3.05, 3.63) is 0 Å². The highest BCUT2D eigenvalue weighted by Crippen LogP contribution is 2.48. The van der Waals surface area contributed by atoms with Crippen molar-refractivity contribution in [1.29, 1.82) is 0 Å². The SMILES string of the molecule is NCC(CCCCCCO)(C(=O)O)C1CC1. The maximum absolute atomic E-state index is 11.3. The van der Waals surface area contributed by atoms with Crippen molar-refractivity contribution >= 4 is 5.97 Å². The molecule has 1 aliphatic carbocycles. The maximum atomic E-state index is 11.3. The predicted molar refractivity (Wildman–Crippen MR) is 62.0 cm³/mol. The molecule has 0 heterocycles. The molecule has 1 fully saturated rings. The van der Waals surface area contributed by atoms with Crippen LogP contribution in [-0.4, -0.2) is 29.3 Å². The number of carboxylic acids is 1. The molecule has 1 aliphatic rings. The Morgan fingerprint density at radius 3 is 2.31 bits per heavy atom. The number of hydrogen-bond donors (Lipinski definition) is 3. The molecule has 1 rings (SSSR count). The molecule has 0 aromatic heterocycles. The molecule has 1 unspecified atom stereocenters. The number of carbonyl (C=O) groups is 1. The van der Waals surface area contributed by atoms with E-state index in [9.17, 15) is 9.90 Å². The number of aliphatic hydroxyl groups is 1. The van der Waals surface area contributed by atoms with Crippen molar-refractivity contribution in [2.75, 3.05) is 13.2 Å². The summed E-state index contributed by atoms with van der Waals surface area (Å²) in [6, 6.07) is 0. The van der Waals surface area contributed by atoms with Gasteiger partial charge in [-0.15, -0.1) is 0 Å². The molecule has 0 aromatic rings. The van der Waals surface area contributed by atoms with Gasteiger partial charge in [0.15, 0.2) is 0 Å². The molecule has 0 bridgehead atoms. The first-order chi connectivity index (χ1) is 7.67. The molecular formula is C12H23NO3. The van der Waals surface area contributed by atoms with Gasteiger partial charge in [-0.05, 0) is 31.6 Å². The van der Waals surface area contributed by atoms with Gasteiger partial charge in [0.25, 0.3) is 0 Å².